The van der Waals surface area contributed by atoms with Gasteiger partial charge in [0.2, 0.25) is 88.6 Å². The van der Waals surface area contributed by atoms with Gasteiger partial charge >= 0.3 is 29.8 Å². The Morgan fingerprint density at radius 1 is 0.509 bits per heavy atom. The number of nitrogens with two attached hydrogens (primary N) is 3. The number of hydrogen-bond acceptors (Lipinski definition) is 22. The number of aromatic nitrogens is 1. The molecule has 13 unspecified atom stereocenters. The van der Waals surface area contributed by atoms with E-state index in [1.807, 2.05) is 5.32 Å². The number of esters is 1. The molecule has 114 heavy (non-hydrogen) atoms. The highest BCUT2D eigenvalue weighted by atomic mass is 16.5. The number of fused-ring (bicyclic) bond motifs is 1. The first-order chi connectivity index (χ1) is 53.9. The number of hydrogen-bond donors (Lipinski definition) is 21. The van der Waals surface area contributed by atoms with Crippen LogP contribution in [0.5, 0.6) is 0 Å². The van der Waals surface area contributed by atoms with Crippen molar-refractivity contribution < 1.29 is 121 Å². The Balaban J connectivity index is 2.17. The molecule has 3 rings (SSSR count). The first-order valence-corrected chi connectivity index (χ1v) is 37.6. The molecule has 0 aliphatic carbocycles. The van der Waals surface area contributed by atoms with Gasteiger partial charge in [-0.3, -0.25) is 91.1 Å². The SMILES string of the molecule is CCCCCCCCCCCCC(=O)NC(Cc1c[nH]c2ccccc12)C(=O)NC(CC(N)=O)C(=O)NC(CC(=O)O)C(=O)NC1C(=O)NCC(=O)NC(C)C(=O)NC(CC(=O)O)C(=O)NC(CCCCN)C(=O)NC(CC(=O)O)C(=O)NCC(=O)NC(CC(N)=O)C(=O)NC(CCC(=O)O)C(=O)NC(C(C)CC)C(=O)OC1C. The predicted octanol–water partition coefficient (Wildman–Crippen LogP) is -4.23. The smallest absolute Gasteiger partial charge is 0.329 e. The Kier molecular flexibility index (Phi) is 42.4. The number of carboxylic acid groups (broad SMARTS) is 4. The number of unbranched alkanes of at least 4 members (excludes halogenated alkanes) is 10. The molecule has 0 spiro atoms. The van der Waals surface area contributed by atoms with Gasteiger partial charge in [0.15, 0.2) is 0 Å². The number of primary amides is 2. The summed E-state index contributed by atoms with van der Waals surface area (Å²) in [7, 11) is 0. The zero-order valence-electron chi connectivity index (χ0n) is 64.4. The maximum absolute atomic E-state index is 14.6. The van der Waals surface area contributed by atoms with E-state index in [1.165, 1.54) is 20.3 Å². The van der Waals surface area contributed by atoms with Gasteiger partial charge < -0.3 is 116 Å². The number of nitrogens with one attached hydrogen (secondary N) is 14. The van der Waals surface area contributed by atoms with Gasteiger partial charge in [0.25, 0.3) is 0 Å². The molecule has 0 radical (unpaired) electrons. The maximum atomic E-state index is 14.6. The van der Waals surface area contributed by atoms with Gasteiger partial charge in [0.05, 0.1) is 45.2 Å². The van der Waals surface area contributed by atoms with Gasteiger partial charge in [-0.2, -0.15) is 0 Å². The van der Waals surface area contributed by atoms with Crippen LogP contribution in [0.1, 0.15) is 181 Å². The fourth-order valence-corrected chi connectivity index (χ4v) is 11.8. The van der Waals surface area contributed by atoms with Crippen LogP contribution in [0.15, 0.2) is 30.5 Å². The van der Waals surface area contributed by atoms with E-state index in [2.05, 4.69) is 75.7 Å². The Morgan fingerprint density at radius 2 is 1.02 bits per heavy atom. The Labute approximate surface area is 655 Å². The number of ether oxygens (including phenoxy) is 1. The van der Waals surface area contributed by atoms with Gasteiger partial charge in [0.1, 0.15) is 72.6 Å². The molecule has 1 aromatic carbocycles. The van der Waals surface area contributed by atoms with E-state index in [9.17, 15) is 116 Å². The van der Waals surface area contributed by atoms with E-state index < -0.39 is 255 Å². The van der Waals surface area contributed by atoms with E-state index in [-0.39, 0.29) is 45.1 Å². The minimum Gasteiger partial charge on any atom is -0.481 e. The molecular weight excluding hydrogens is 1500 g/mol. The molecule has 1 aromatic heterocycles. The molecule has 0 saturated carbocycles. The molecule has 42 nitrogen and oxygen atoms in total. The van der Waals surface area contributed by atoms with Crippen LogP contribution in [0.4, 0.5) is 0 Å². The minimum atomic E-state index is -2.32. The third kappa shape index (κ3) is 35.6. The van der Waals surface area contributed by atoms with Crippen molar-refractivity contribution in [3.63, 3.8) is 0 Å². The summed E-state index contributed by atoms with van der Waals surface area (Å²) in [4.78, 5) is 274. The van der Waals surface area contributed by atoms with Crippen LogP contribution in [-0.4, -0.2) is 236 Å². The summed E-state index contributed by atoms with van der Waals surface area (Å²) in [5, 5.41) is 68.8. The highest BCUT2D eigenvalue weighted by Crippen LogP contribution is 2.21. The Hall–Kier alpha value is -11.9. The number of carbonyl (C=O) groups excluding carboxylic acids is 16. The Morgan fingerprint density at radius 3 is 1.58 bits per heavy atom. The largest absolute Gasteiger partial charge is 0.481 e. The number of para-hydroxylation sites is 1. The highest BCUT2D eigenvalue weighted by Gasteiger charge is 2.41. The lowest BCUT2D eigenvalue weighted by molar-refractivity contribution is -0.157. The lowest BCUT2D eigenvalue weighted by atomic mass is 9.98. The third-order valence-corrected chi connectivity index (χ3v) is 18.2. The number of H-pyrrole nitrogens is 1. The van der Waals surface area contributed by atoms with Crippen molar-refractivity contribution in [2.45, 2.75) is 255 Å². The maximum Gasteiger partial charge on any atom is 0.329 e. The summed E-state index contributed by atoms with van der Waals surface area (Å²) >= 11 is 0. The van der Waals surface area contributed by atoms with Gasteiger partial charge in [-0.25, -0.2) is 4.79 Å². The van der Waals surface area contributed by atoms with Crippen molar-refractivity contribution in [3.05, 3.63) is 36.0 Å². The minimum absolute atomic E-state index is 0.00349. The van der Waals surface area contributed by atoms with Gasteiger partial charge in [0, 0.05) is 36.4 Å². The summed E-state index contributed by atoms with van der Waals surface area (Å²) in [5.74, 6) is -28.3. The zero-order chi connectivity index (χ0) is 85.3. The summed E-state index contributed by atoms with van der Waals surface area (Å²) in [5.41, 5.74) is 17.8. The molecule has 2 aromatic rings. The van der Waals surface area contributed by atoms with E-state index in [0.29, 0.717) is 29.3 Å². The molecule has 1 saturated heterocycles. The second-order valence-electron chi connectivity index (χ2n) is 27.7. The van der Waals surface area contributed by atoms with Crippen molar-refractivity contribution in [2.24, 2.45) is 23.1 Å². The Bertz CT molecular complexity index is 3740. The van der Waals surface area contributed by atoms with E-state index in [4.69, 9.17) is 21.9 Å². The normalized spacial score (nSPS) is 21.3. The van der Waals surface area contributed by atoms with Crippen molar-refractivity contribution in [1.29, 1.82) is 0 Å². The van der Waals surface area contributed by atoms with Crippen LogP contribution in [-0.2, 0) is 107 Å². The standard InChI is InChI=1S/C72H109N17O25/c1-6-8-9-10-11-12-13-14-15-16-24-53(92)80-45(28-40-34-76-42-22-18-17-21-41(40)42)66(107)85-47(30-52(75)91)68(109)87-50(33-59(101)102)70(111)89-61-39(5)114-72(113)60(37(3)7-2)88-65(106)44(25-26-56(95)96)83-67(108)46(29-51(74)90)81-55(94)36-77-63(104)48(31-57(97)98)86-64(105)43(23-19-20-27-73)82-69(110)49(32-58(99)100)84-62(103)38(4)79-54(93)35-78-71(61)112/h17-18,21-22,34,37-39,43-50,60-61,76H,6-16,19-20,23-33,35-36,73H2,1-5H3,(H2,74,90)(H2,75,91)(H,77,104)(H,78,112)(H,79,93)(H,80,92)(H,81,94)(H,82,110)(H,83,108)(H,84,103)(H,85,107)(H,86,105)(H,87,109)(H,88,106)(H,89,111)(H,95,96)(H,97,98)(H,99,100)(H,101,102). The van der Waals surface area contributed by atoms with Crippen LogP contribution in [0.2, 0.25) is 0 Å². The predicted molar refractivity (Wildman–Crippen MR) is 401 cm³/mol. The van der Waals surface area contributed by atoms with Crippen molar-refractivity contribution in [3.8, 4) is 0 Å². The molecule has 1 aliphatic rings. The fourth-order valence-electron chi connectivity index (χ4n) is 11.8. The number of rotatable bonds is 39. The number of carboxylic acids is 4. The second-order valence-corrected chi connectivity index (χ2v) is 27.7. The van der Waals surface area contributed by atoms with Gasteiger partial charge in [-0.15, -0.1) is 0 Å². The number of cyclic esters (lactones) is 1. The summed E-state index contributed by atoms with van der Waals surface area (Å²) < 4.78 is 5.70. The molecule has 2 heterocycles. The quantitative estimate of drug-likeness (QED) is 0.0223. The molecule has 1 aliphatic heterocycles. The van der Waals surface area contributed by atoms with Crippen molar-refractivity contribution >= 4 is 129 Å². The molecule has 15 amide bonds. The van der Waals surface area contributed by atoms with Crippen LogP contribution in [0, 0.1) is 5.92 Å². The van der Waals surface area contributed by atoms with Crippen LogP contribution >= 0.6 is 0 Å². The molecule has 0 bridgehead atoms. The van der Waals surface area contributed by atoms with Crippen LogP contribution in [0.25, 0.3) is 10.9 Å². The highest BCUT2D eigenvalue weighted by molar-refractivity contribution is 6.02. The molecular formula is C72H109N17O25. The monoisotopic (exact) mass is 1610 g/mol. The summed E-state index contributed by atoms with van der Waals surface area (Å²) in [6.07, 6.45) is 1.58. The second kappa shape index (κ2) is 50.2. The number of aromatic amines is 1. The number of carbonyl (C=O) groups is 20. The fraction of sp³-hybridized carbons (Fsp3) is 0.611. The van der Waals surface area contributed by atoms with Gasteiger partial charge in [-0.1, -0.05) is 103 Å². The lowest BCUT2D eigenvalue weighted by Crippen LogP contribution is -2.61. The third-order valence-electron chi connectivity index (χ3n) is 18.2. The van der Waals surface area contributed by atoms with Crippen molar-refractivity contribution in [1.82, 2.24) is 74.1 Å². The van der Waals surface area contributed by atoms with Crippen LogP contribution < -0.4 is 86.3 Å². The first kappa shape index (κ1) is 96.3. The van der Waals surface area contributed by atoms with E-state index in [1.54, 1.807) is 30.5 Å². The van der Waals surface area contributed by atoms with Gasteiger partial charge in [-0.05, 0) is 70.0 Å². The molecule has 632 valence electrons. The molecule has 1 fully saturated rings. The van der Waals surface area contributed by atoms with E-state index >= 15 is 0 Å². The lowest BCUT2D eigenvalue weighted by Gasteiger charge is -2.30. The summed E-state index contributed by atoms with van der Waals surface area (Å²) in [6.45, 7) is 4.72. The zero-order valence-corrected chi connectivity index (χ0v) is 64.4. The van der Waals surface area contributed by atoms with Crippen LogP contribution in [0.3, 0.4) is 0 Å². The topological polar surface area (TPSA) is 682 Å². The van der Waals surface area contributed by atoms with E-state index in [0.717, 1.165) is 58.8 Å². The molecule has 24 N–H and O–H groups in total. The summed E-state index contributed by atoms with van der Waals surface area (Å²) in [6, 6.07) is -14.6. The average Bonchev–Trinajstić information content (AvgIpc) is 1.63. The number of aliphatic carboxylic acids is 4. The first-order valence-electron chi connectivity index (χ1n) is 37.6. The van der Waals surface area contributed by atoms with Crippen molar-refractivity contribution in [2.75, 3.05) is 19.6 Å². The molecule has 42 heteroatoms. The molecule has 13 atom stereocenters. The number of amides is 15. The number of benzene rings is 1. The average molecular weight is 1610 g/mol.